The van der Waals surface area contributed by atoms with Gasteiger partial charge in [0.25, 0.3) is 0 Å². The van der Waals surface area contributed by atoms with Gasteiger partial charge in [0.2, 0.25) is 5.91 Å². The van der Waals surface area contributed by atoms with Crippen molar-refractivity contribution in [2.24, 2.45) is 0 Å². The van der Waals surface area contributed by atoms with Crippen molar-refractivity contribution in [2.45, 2.75) is 6.54 Å². The zero-order valence-corrected chi connectivity index (χ0v) is 12.8. The minimum Gasteiger partial charge on any atom is -0.497 e. The van der Waals surface area contributed by atoms with Crippen LogP contribution in [-0.4, -0.2) is 19.6 Å². The number of hydrogen-bond acceptors (Lipinski definition) is 3. The van der Waals surface area contributed by atoms with Crippen molar-refractivity contribution in [3.8, 4) is 5.75 Å². The van der Waals surface area contributed by atoms with Crippen LogP contribution in [0.4, 0.5) is 10.1 Å². The van der Waals surface area contributed by atoms with Crippen molar-refractivity contribution in [1.29, 1.82) is 0 Å². The number of hydrogen-bond donors (Lipinski definition) is 2. The van der Waals surface area contributed by atoms with Crippen molar-refractivity contribution in [1.82, 2.24) is 5.32 Å². The Balaban J connectivity index is 1.81. The monoisotopic (exact) mass is 322 g/mol. The Kier molecular flexibility index (Phi) is 5.61. The SMILES string of the molecule is COc1ccc(CNC(=O)CNc2cccc(Cl)c2F)cc1. The van der Waals surface area contributed by atoms with E-state index in [1.807, 2.05) is 24.3 Å². The second-order valence-electron chi connectivity index (χ2n) is 4.58. The highest BCUT2D eigenvalue weighted by Crippen LogP contribution is 2.21. The molecule has 6 heteroatoms. The van der Waals surface area contributed by atoms with E-state index in [2.05, 4.69) is 10.6 Å². The van der Waals surface area contributed by atoms with Crippen LogP contribution in [0.3, 0.4) is 0 Å². The van der Waals surface area contributed by atoms with Gasteiger partial charge in [-0.3, -0.25) is 4.79 Å². The van der Waals surface area contributed by atoms with Gasteiger partial charge in [-0.15, -0.1) is 0 Å². The standard InChI is InChI=1S/C16H16ClFN2O2/c1-22-12-7-5-11(6-8-12)9-20-15(21)10-19-14-4-2-3-13(17)16(14)18/h2-8,19H,9-10H2,1H3,(H,20,21). The first-order valence-corrected chi connectivity index (χ1v) is 7.05. The molecule has 0 atom stereocenters. The lowest BCUT2D eigenvalue weighted by Crippen LogP contribution is -2.29. The Hall–Kier alpha value is -2.27. The molecule has 2 rings (SSSR count). The molecule has 0 unspecified atom stereocenters. The molecule has 0 heterocycles. The Morgan fingerprint density at radius 2 is 1.95 bits per heavy atom. The number of ether oxygens (including phenoxy) is 1. The fourth-order valence-electron chi connectivity index (χ4n) is 1.82. The van der Waals surface area contributed by atoms with Crippen LogP contribution >= 0.6 is 11.6 Å². The highest BCUT2D eigenvalue weighted by atomic mass is 35.5. The van der Waals surface area contributed by atoms with Crippen molar-refractivity contribution in [2.75, 3.05) is 19.0 Å². The largest absolute Gasteiger partial charge is 0.497 e. The van der Waals surface area contributed by atoms with Crippen LogP contribution in [0.5, 0.6) is 5.75 Å². The van der Waals surface area contributed by atoms with Crippen molar-refractivity contribution in [3.63, 3.8) is 0 Å². The van der Waals surface area contributed by atoms with Crippen LogP contribution in [0.15, 0.2) is 42.5 Å². The number of methoxy groups -OCH3 is 1. The normalized spacial score (nSPS) is 10.1. The van der Waals surface area contributed by atoms with Gasteiger partial charge in [-0.2, -0.15) is 0 Å². The first-order valence-electron chi connectivity index (χ1n) is 6.67. The van der Waals surface area contributed by atoms with Gasteiger partial charge in [0.1, 0.15) is 5.75 Å². The van der Waals surface area contributed by atoms with Gasteiger partial charge in [-0.1, -0.05) is 29.8 Å². The summed E-state index contributed by atoms with van der Waals surface area (Å²) in [7, 11) is 1.59. The molecule has 116 valence electrons. The van der Waals surface area contributed by atoms with Gasteiger partial charge in [0.15, 0.2) is 5.82 Å². The fraction of sp³-hybridized carbons (Fsp3) is 0.188. The summed E-state index contributed by atoms with van der Waals surface area (Å²) in [6, 6.07) is 12.0. The van der Waals surface area contributed by atoms with Crippen LogP contribution in [0, 0.1) is 5.82 Å². The lowest BCUT2D eigenvalue weighted by Gasteiger charge is -2.09. The van der Waals surface area contributed by atoms with E-state index in [1.54, 1.807) is 13.2 Å². The summed E-state index contributed by atoms with van der Waals surface area (Å²) in [5.41, 5.74) is 1.15. The molecule has 1 amide bonds. The minimum atomic E-state index is -0.563. The van der Waals surface area contributed by atoms with Crippen LogP contribution in [0.2, 0.25) is 5.02 Å². The summed E-state index contributed by atoms with van der Waals surface area (Å²) in [4.78, 5) is 11.8. The van der Waals surface area contributed by atoms with Crippen molar-refractivity contribution < 1.29 is 13.9 Å². The van der Waals surface area contributed by atoms with Crippen molar-refractivity contribution >= 4 is 23.2 Å². The maximum absolute atomic E-state index is 13.6. The van der Waals surface area contributed by atoms with Gasteiger partial charge < -0.3 is 15.4 Å². The minimum absolute atomic E-state index is 0.0173. The molecule has 4 nitrogen and oxygen atoms in total. The van der Waals surface area contributed by atoms with Crippen LogP contribution in [0.1, 0.15) is 5.56 Å². The first-order chi connectivity index (χ1) is 10.6. The molecule has 2 aromatic carbocycles. The quantitative estimate of drug-likeness (QED) is 0.858. The molecule has 0 aliphatic rings. The Bertz CT molecular complexity index is 647. The molecule has 0 fully saturated rings. The summed E-state index contributed by atoms with van der Waals surface area (Å²) >= 11 is 5.67. The van der Waals surface area contributed by atoms with Crippen LogP contribution < -0.4 is 15.4 Å². The number of carbonyl (C=O) groups is 1. The van der Waals surface area contributed by atoms with E-state index in [0.29, 0.717) is 6.54 Å². The summed E-state index contributed by atoms with van der Waals surface area (Å²) in [5.74, 6) is -0.0458. The lowest BCUT2D eigenvalue weighted by molar-refractivity contribution is -0.119. The van der Waals surface area contributed by atoms with Gasteiger partial charge in [0.05, 0.1) is 24.4 Å². The molecular weight excluding hydrogens is 307 g/mol. The van der Waals surface area contributed by atoms with Gasteiger partial charge in [0, 0.05) is 6.54 Å². The smallest absolute Gasteiger partial charge is 0.239 e. The van der Waals surface area contributed by atoms with E-state index in [4.69, 9.17) is 16.3 Å². The third kappa shape index (κ3) is 4.36. The van der Waals surface area contributed by atoms with Crippen molar-refractivity contribution in [3.05, 3.63) is 58.9 Å². The third-order valence-electron chi connectivity index (χ3n) is 3.04. The predicted octanol–water partition coefficient (Wildman–Crippen LogP) is 3.22. The Morgan fingerprint density at radius 3 is 2.64 bits per heavy atom. The maximum Gasteiger partial charge on any atom is 0.239 e. The van der Waals surface area contributed by atoms with Gasteiger partial charge in [-0.05, 0) is 29.8 Å². The highest BCUT2D eigenvalue weighted by molar-refractivity contribution is 6.31. The molecule has 0 radical (unpaired) electrons. The van der Waals surface area contributed by atoms with Crippen LogP contribution in [-0.2, 0) is 11.3 Å². The number of halogens is 2. The maximum atomic E-state index is 13.6. The number of nitrogens with one attached hydrogen (secondary N) is 2. The number of rotatable bonds is 6. The molecule has 2 N–H and O–H groups in total. The van der Waals surface area contributed by atoms with Gasteiger partial charge >= 0.3 is 0 Å². The summed E-state index contributed by atoms with van der Waals surface area (Å²) < 4.78 is 18.7. The molecule has 0 aromatic heterocycles. The third-order valence-corrected chi connectivity index (χ3v) is 3.33. The predicted molar refractivity (Wildman–Crippen MR) is 84.7 cm³/mol. The molecule has 2 aromatic rings. The zero-order chi connectivity index (χ0) is 15.9. The number of benzene rings is 2. The second kappa shape index (κ2) is 7.66. The number of amides is 1. The molecule has 0 saturated carbocycles. The Morgan fingerprint density at radius 1 is 1.23 bits per heavy atom. The summed E-state index contributed by atoms with van der Waals surface area (Å²) in [6.45, 7) is 0.357. The number of carbonyl (C=O) groups excluding carboxylic acids is 1. The summed E-state index contributed by atoms with van der Waals surface area (Å²) in [5, 5.41) is 5.48. The highest BCUT2D eigenvalue weighted by Gasteiger charge is 2.07. The zero-order valence-electron chi connectivity index (χ0n) is 12.0. The molecule has 0 bridgehead atoms. The average molecular weight is 323 g/mol. The molecule has 0 aliphatic heterocycles. The van der Waals surface area contributed by atoms with E-state index in [9.17, 15) is 9.18 Å². The topological polar surface area (TPSA) is 50.4 Å². The molecule has 0 saturated heterocycles. The molecule has 0 aliphatic carbocycles. The van der Waals surface area contributed by atoms with E-state index in [1.165, 1.54) is 12.1 Å². The molecular formula is C16H16ClFN2O2. The second-order valence-corrected chi connectivity index (χ2v) is 4.99. The summed E-state index contributed by atoms with van der Waals surface area (Å²) in [6.07, 6.45) is 0. The fourth-order valence-corrected chi connectivity index (χ4v) is 2.00. The van der Waals surface area contributed by atoms with Crippen LogP contribution in [0.25, 0.3) is 0 Å². The Labute approximate surface area is 133 Å². The van der Waals surface area contributed by atoms with E-state index in [-0.39, 0.29) is 23.2 Å². The molecule has 0 spiro atoms. The molecule has 22 heavy (non-hydrogen) atoms. The van der Waals surface area contributed by atoms with Gasteiger partial charge in [-0.25, -0.2) is 4.39 Å². The van der Waals surface area contributed by atoms with E-state index < -0.39 is 5.82 Å². The van der Waals surface area contributed by atoms with E-state index >= 15 is 0 Å². The number of anilines is 1. The van der Waals surface area contributed by atoms with E-state index in [0.717, 1.165) is 11.3 Å². The lowest BCUT2D eigenvalue weighted by atomic mass is 10.2. The first kappa shape index (κ1) is 16.1. The average Bonchev–Trinajstić information content (AvgIpc) is 2.54.